The highest BCUT2D eigenvalue weighted by Crippen LogP contribution is 2.32. The Morgan fingerprint density at radius 2 is 2.14 bits per heavy atom. The van der Waals surface area contributed by atoms with Crippen LogP contribution in [0, 0.1) is 0 Å². The Labute approximate surface area is 129 Å². The molecule has 6 heteroatoms. The van der Waals surface area contributed by atoms with Crippen LogP contribution < -0.4 is 10.1 Å². The molecule has 0 aromatic heterocycles. The molecule has 1 aromatic rings. The number of nitrogens with one attached hydrogen (secondary N) is 1. The van der Waals surface area contributed by atoms with E-state index in [9.17, 15) is 9.59 Å². The van der Waals surface area contributed by atoms with Crippen LogP contribution in [-0.4, -0.2) is 37.7 Å². The SMILES string of the molecule is CCOC(=O)C1=C(C)N(C)C(=O)N[C@@H]1c1cccc(OC)c1. The average molecular weight is 304 g/mol. The minimum Gasteiger partial charge on any atom is -0.497 e. The summed E-state index contributed by atoms with van der Waals surface area (Å²) in [4.78, 5) is 25.8. The van der Waals surface area contributed by atoms with Gasteiger partial charge in [-0.05, 0) is 31.5 Å². The number of carbonyl (C=O) groups excluding carboxylic acids is 2. The highest BCUT2D eigenvalue weighted by Gasteiger charge is 2.34. The quantitative estimate of drug-likeness (QED) is 0.866. The van der Waals surface area contributed by atoms with Crippen LogP contribution in [0.4, 0.5) is 4.79 Å². The molecule has 1 heterocycles. The van der Waals surface area contributed by atoms with Crippen molar-refractivity contribution in [2.45, 2.75) is 19.9 Å². The first-order valence-electron chi connectivity index (χ1n) is 7.05. The summed E-state index contributed by atoms with van der Waals surface area (Å²) in [5.41, 5.74) is 1.77. The van der Waals surface area contributed by atoms with Crippen molar-refractivity contribution < 1.29 is 19.1 Å². The van der Waals surface area contributed by atoms with E-state index in [4.69, 9.17) is 9.47 Å². The first-order valence-corrected chi connectivity index (χ1v) is 7.05. The van der Waals surface area contributed by atoms with E-state index in [1.54, 1.807) is 40.1 Å². The third-order valence-electron chi connectivity index (χ3n) is 3.68. The van der Waals surface area contributed by atoms with Gasteiger partial charge >= 0.3 is 12.0 Å². The third-order valence-corrected chi connectivity index (χ3v) is 3.68. The monoisotopic (exact) mass is 304 g/mol. The molecule has 2 amide bonds. The molecule has 0 unspecified atom stereocenters. The maximum Gasteiger partial charge on any atom is 0.338 e. The van der Waals surface area contributed by atoms with Crippen molar-refractivity contribution in [3.63, 3.8) is 0 Å². The average Bonchev–Trinajstić information content (AvgIpc) is 2.52. The molecular formula is C16H20N2O4. The van der Waals surface area contributed by atoms with Gasteiger partial charge < -0.3 is 19.7 Å². The van der Waals surface area contributed by atoms with E-state index >= 15 is 0 Å². The largest absolute Gasteiger partial charge is 0.497 e. The molecule has 0 bridgehead atoms. The summed E-state index contributed by atoms with van der Waals surface area (Å²) in [6, 6.07) is 6.43. The number of hydrogen-bond donors (Lipinski definition) is 1. The van der Waals surface area contributed by atoms with Gasteiger partial charge in [-0.1, -0.05) is 12.1 Å². The lowest BCUT2D eigenvalue weighted by molar-refractivity contribution is -0.139. The summed E-state index contributed by atoms with van der Waals surface area (Å²) < 4.78 is 10.3. The van der Waals surface area contributed by atoms with Gasteiger partial charge in [0.2, 0.25) is 0 Å². The number of allylic oxidation sites excluding steroid dienone is 1. The first-order chi connectivity index (χ1) is 10.5. The number of esters is 1. The summed E-state index contributed by atoms with van der Waals surface area (Å²) in [5.74, 6) is 0.228. The van der Waals surface area contributed by atoms with Gasteiger partial charge in [-0.3, -0.25) is 0 Å². The number of carbonyl (C=O) groups is 2. The van der Waals surface area contributed by atoms with Crippen LogP contribution in [-0.2, 0) is 9.53 Å². The third kappa shape index (κ3) is 2.90. The second-order valence-electron chi connectivity index (χ2n) is 4.94. The standard InChI is InChI=1S/C16H20N2O4/c1-5-22-15(19)13-10(2)18(3)16(20)17-14(13)11-7-6-8-12(9-11)21-4/h6-9,14H,5H2,1-4H3,(H,17,20)/t14-/m1/s1. The van der Waals surface area contributed by atoms with Crippen LogP contribution in [0.15, 0.2) is 35.5 Å². The van der Waals surface area contributed by atoms with E-state index in [0.717, 1.165) is 5.56 Å². The number of ether oxygens (including phenoxy) is 2. The Morgan fingerprint density at radius 1 is 1.41 bits per heavy atom. The molecule has 0 saturated carbocycles. The fourth-order valence-electron chi connectivity index (χ4n) is 2.38. The molecule has 1 N–H and O–H groups in total. The van der Waals surface area contributed by atoms with E-state index in [1.165, 1.54) is 4.90 Å². The van der Waals surface area contributed by atoms with E-state index < -0.39 is 12.0 Å². The van der Waals surface area contributed by atoms with E-state index in [-0.39, 0.29) is 12.6 Å². The Bertz CT molecular complexity index is 624. The van der Waals surface area contributed by atoms with Gasteiger partial charge in [0.1, 0.15) is 5.75 Å². The maximum atomic E-state index is 12.3. The normalized spacial score (nSPS) is 18.1. The number of nitrogens with zero attached hydrogens (tertiary/aromatic N) is 1. The molecule has 2 rings (SSSR count). The summed E-state index contributed by atoms with van der Waals surface area (Å²) in [6.45, 7) is 3.76. The lowest BCUT2D eigenvalue weighted by Crippen LogP contribution is -2.46. The zero-order valence-corrected chi connectivity index (χ0v) is 13.2. The number of amides is 2. The van der Waals surface area contributed by atoms with Crippen molar-refractivity contribution in [1.29, 1.82) is 0 Å². The van der Waals surface area contributed by atoms with E-state index in [0.29, 0.717) is 17.0 Å². The summed E-state index contributed by atoms with van der Waals surface area (Å²) in [5, 5.41) is 2.83. The second-order valence-corrected chi connectivity index (χ2v) is 4.94. The van der Waals surface area contributed by atoms with Crippen LogP contribution in [0.25, 0.3) is 0 Å². The predicted octanol–water partition coefficient (Wildman–Crippen LogP) is 2.23. The minimum atomic E-state index is -0.558. The Hall–Kier alpha value is -2.50. The van der Waals surface area contributed by atoms with Crippen LogP contribution in [0.3, 0.4) is 0 Å². The Balaban J connectivity index is 2.50. The van der Waals surface area contributed by atoms with Gasteiger partial charge in [-0.25, -0.2) is 9.59 Å². The van der Waals surface area contributed by atoms with E-state index in [2.05, 4.69) is 5.32 Å². The molecule has 1 aliphatic rings. The van der Waals surface area contributed by atoms with Gasteiger partial charge in [0, 0.05) is 12.7 Å². The summed E-state index contributed by atoms with van der Waals surface area (Å²) >= 11 is 0. The molecular weight excluding hydrogens is 284 g/mol. The fraction of sp³-hybridized carbons (Fsp3) is 0.375. The van der Waals surface area contributed by atoms with Crippen molar-refractivity contribution in [1.82, 2.24) is 10.2 Å². The number of rotatable bonds is 4. The lowest BCUT2D eigenvalue weighted by Gasteiger charge is -2.33. The van der Waals surface area contributed by atoms with Gasteiger partial charge in [0.15, 0.2) is 0 Å². The first kappa shape index (κ1) is 15.9. The zero-order valence-electron chi connectivity index (χ0n) is 13.2. The Morgan fingerprint density at radius 3 is 2.77 bits per heavy atom. The molecule has 118 valence electrons. The van der Waals surface area contributed by atoms with Gasteiger partial charge in [-0.2, -0.15) is 0 Å². The van der Waals surface area contributed by atoms with Crippen molar-refractivity contribution in [2.75, 3.05) is 20.8 Å². The molecule has 0 fully saturated rings. The van der Waals surface area contributed by atoms with E-state index in [1.807, 2.05) is 12.1 Å². The molecule has 1 atom stereocenters. The molecule has 1 aliphatic heterocycles. The number of methoxy groups -OCH3 is 1. The van der Waals surface area contributed by atoms with Crippen molar-refractivity contribution in [3.05, 3.63) is 41.1 Å². The highest BCUT2D eigenvalue weighted by molar-refractivity contribution is 5.95. The zero-order chi connectivity index (χ0) is 16.3. The van der Waals surface area contributed by atoms with Crippen molar-refractivity contribution in [3.8, 4) is 5.75 Å². The van der Waals surface area contributed by atoms with Gasteiger partial charge in [-0.15, -0.1) is 0 Å². The molecule has 0 radical (unpaired) electrons. The number of benzene rings is 1. The highest BCUT2D eigenvalue weighted by atomic mass is 16.5. The number of hydrogen-bond acceptors (Lipinski definition) is 4. The smallest absolute Gasteiger partial charge is 0.338 e. The molecule has 22 heavy (non-hydrogen) atoms. The topological polar surface area (TPSA) is 67.9 Å². The molecule has 0 saturated heterocycles. The summed E-state index contributed by atoms with van der Waals surface area (Å²) in [7, 11) is 3.19. The maximum absolute atomic E-state index is 12.3. The van der Waals surface area contributed by atoms with Crippen LogP contribution in [0.5, 0.6) is 5.75 Å². The molecule has 0 aliphatic carbocycles. The van der Waals surface area contributed by atoms with Crippen molar-refractivity contribution in [2.24, 2.45) is 0 Å². The lowest BCUT2D eigenvalue weighted by atomic mass is 9.95. The minimum absolute atomic E-state index is 0.265. The van der Waals surface area contributed by atoms with Crippen molar-refractivity contribution >= 4 is 12.0 Å². The predicted molar refractivity (Wildman–Crippen MR) is 81.4 cm³/mol. The molecule has 0 spiro atoms. The second kappa shape index (κ2) is 6.51. The van der Waals surface area contributed by atoms with Crippen LogP contribution >= 0.6 is 0 Å². The fourth-order valence-corrected chi connectivity index (χ4v) is 2.38. The van der Waals surface area contributed by atoms with Gasteiger partial charge in [0.05, 0.1) is 25.3 Å². The van der Waals surface area contributed by atoms with Crippen LogP contribution in [0.1, 0.15) is 25.5 Å². The van der Waals surface area contributed by atoms with Gasteiger partial charge in [0.25, 0.3) is 0 Å². The number of urea groups is 1. The molecule has 1 aromatic carbocycles. The Kier molecular flexibility index (Phi) is 4.70. The summed E-state index contributed by atoms with van der Waals surface area (Å²) in [6.07, 6.45) is 0. The molecule has 6 nitrogen and oxygen atoms in total. The van der Waals surface area contributed by atoms with Crippen LogP contribution in [0.2, 0.25) is 0 Å².